The van der Waals surface area contributed by atoms with Crippen LogP contribution in [0.2, 0.25) is 0 Å². The summed E-state index contributed by atoms with van der Waals surface area (Å²) in [4.78, 5) is 11.6. The second-order valence-corrected chi connectivity index (χ2v) is 6.31. The van der Waals surface area contributed by atoms with Crippen molar-refractivity contribution in [2.75, 3.05) is 25.9 Å². The van der Waals surface area contributed by atoms with E-state index in [1.165, 1.54) is 35.7 Å². The summed E-state index contributed by atoms with van der Waals surface area (Å²) in [6, 6.07) is 4.09. The minimum Gasteiger partial charge on any atom is -0.465 e. The molecule has 0 spiro atoms. The molecule has 0 bridgehead atoms. The highest BCUT2D eigenvalue weighted by Crippen LogP contribution is 2.24. The molecule has 21 heavy (non-hydrogen) atoms. The summed E-state index contributed by atoms with van der Waals surface area (Å²) >= 11 is 0. The predicted octanol–water partition coefficient (Wildman–Crippen LogP) is 1.64. The molecular weight excluding hydrogens is 292 g/mol. The minimum absolute atomic E-state index is 0.0307. The van der Waals surface area contributed by atoms with Crippen molar-refractivity contribution in [3.8, 4) is 0 Å². The first-order valence-corrected chi connectivity index (χ1v) is 7.91. The van der Waals surface area contributed by atoms with Gasteiger partial charge in [0.25, 0.3) is 0 Å². The van der Waals surface area contributed by atoms with E-state index in [0.29, 0.717) is 13.0 Å². The van der Waals surface area contributed by atoms with Crippen molar-refractivity contribution in [3.05, 3.63) is 36.4 Å². The van der Waals surface area contributed by atoms with Crippen molar-refractivity contribution in [1.82, 2.24) is 4.31 Å². The van der Waals surface area contributed by atoms with Gasteiger partial charge in [0.15, 0.2) is 0 Å². The highest BCUT2D eigenvalue weighted by atomic mass is 32.2. The molecule has 0 aliphatic heterocycles. The van der Waals surface area contributed by atoms with Crippen molar-refractivity contribution in [3.63, 3.8) is 0 Å². The summed E-state index contributed by atoms with van der Waals surface area (Å²) in [6.45, 7) is 5.91. The minimum atomic E-state index is -3.85. The fourth-order valence-corrected chi connectivity index (χ4v) is 3.59. The Bertz CT molecular complexity index is 626. The van der Waals surface area contributed by atoms with Gasteiger partial charge < -0.3 is 10.5 Å². The molecule has 1 aromatic carbocycles. The number of esters is 1. The van der Waals surface area contributed by atoms with Crippen LogP contribution < -0.4 is 5.73 Å². The van der Waals surface area contributed by atoms with Gasteiger partial charge in [-0.2, -0.15) is 4.31 Å². The van der Waals surface area contributed by atoms with Crippen molar-refractivity contribution < 1.29 is 17.9 Å². The van der Waals surface area contributed by atoms with E-state index in [1.807, 2.05) is 6.92 Å². The molecule has 0 fully saturated rings. The zero-order chi connectivity index (χ0) is 16.0. The Morgan fingerprint density at radius 1 is 1.48 bits per heavy atom. The molecule has 0 aliphatic rings. The molecule has 1 rings (SSSR count). The molecule has 0 amide bonds. The van der Waals surface area contributed by atoms with Gasteiger partial charge in [0, 0.05) is 18.8 Å². The van der Waals surface area contributed by atoms with Gasteiger partial charge in [-0.15, -0.1) is 6.58 Å². The summed E-state index contributed by atoms with van der Waals surface area (Å²) in [5.41, 5.74) is 5.89. The number of sulfonamides is 1. The number of nitrogens with two attached hydrogens (primary N) is 1. The van der Waals surface area contributed by atoms with Crippen LogP contribution in [-0.4, -0.2) is 38.9 Å². The third kappa shape index (κ3) is 3.83. The summed E-state index contributed by atoms with van der Waals surface area (Å²) in [6.07, 6.45) is 2.14. The number of carbonyl (C=O) groups is 1. The van der Waals surface area contributed by atoms with Crippen molar-refractivity contribution >= 4 is 21.7 Å². The maximum absolute atomic E-state index is 12.7. The Morgan fingerprint density at radius 3 is 2.67 bits per heavy atom. The number of methoxy groups -OCH3 is 1. The number of ether oxygens (including phenoxy) is 1. The zero-order valence-corrected chi connectivity index (χ0v) is 13.0. The summed E-state index contributed by atoms with van der Waals surface area (Å²) in [5.74, 6) is -0.719. The van der Waals surface area contributed by atoms with Crippen LogP contribution in [0.1, 0.15) is 23.7 Å². The Kier molecular flexibility index (Phi) is 5.92. The van der Waals surface area contributed by atoms with Crippen LogP contribution in [0.5, 0.6) is 0 Å². The lowest BCUT2D eigenvalue weighted by Gasteiger charge is -2.21. The van der Waals surface area contributed by atoms with E-state index in [-0.39, 0.29) is 22.7 Å². The first kappa shape index (κ1) is 17.2. The molecule has 0 saturated heterocycles. The largest absolute Gasteiger partial charge is 0.465 e. The number of carbonyl (C=O) groups excluding carboxylic acids is 1. The van der Waals surface area contributed by atoms with Gasteiger partial charge >= 0.3 is 5.97 Å². The average Bonchev–Trinajstić information content (AvgIpc) is 2.46. The van der Waals surface area contributed by atoms with Gasteiger partial charge in [-0.3, -0.25) is 0 Å². The number of hydrogen-bond acceptors (Lipinski definition) is 5. The van der Waals surface area contributed by atoms with E-state index in [2.05, 4.69) is 11.3 Å². The average molecular weight is 312 g/mol. The molecule has 0 aliphatic carbocycles. The van der Waals surface area contributed by atoms with E-state index in [4.69, 9.17) is 5.73 Å². The first-order chi connectivity index (χ1) is 9.88. The van der Waals surface area contributed by atoms with Gasteiger partial charge in [0.05, 0.1) is 17.6 Å². The number of nitrogen functional groups attached to an aromatic ring is 1. The van der Waals surface area contributed by atoms with Gasteiger partial charge in [0.1, 0.15) is 0 Å². The first-order valence-electron chi connectivity index (χ1n) is 6.47. The van der Waals surface area contributed by atoms with Crippen molar-refractivity contribution in [1.29, 1.82) is 0 Å². The molecule has 0 radical (unpaired) electrons. The fraction of sp³-hybridized carbons (Fsp3) is 0.357. The second-order valence-electron chi connectivity index (χ2n) is 4.40. The molecule has 0 saturated carbocycles. The number of rotatable bonds is 7. The lowest BCUT2D eigenvalue weighted by molar-refractivity contribution is 0.0596. The molecule has 1 aromatic rings. The number of hydrogen-bond donors (Lipinski definition) is 1. The number of anilines is 1. The van der Waals surface area contributed by atoms with Crippen LogP contribution >= 0.6 is 0 Å². The Labute approximate surface area is 125 Å². The van der Waals surface area contributed by atoms with Crippen LogP contribution in [0.25, 0.3) is 0 Å². The Hall–Kier alpha value is -1.86. The molecule has 0 heterocycles. The molecule has 0 unspecified atom stereocenters. The highest BCUT2D eigenvalue weighted by Gasteiger charge is 2.28. The maximum atomic E-state index is 12.7. The molecule has 6 nitrogen and oxygen atoms in total. The molecule has 2 N–H and O–H groups in total. The van der Waals surface area contributed by atoms with E-state index in [0.717, 1.165) is 0 Å². The third-order valence-corrected chi connectivity index (χ3v) is 4.74. The maximum Gasteiger partial charge on any atom is 0.339 e. The lowest BCUT2D eigenvalue weighted by Crippen LogP contribution is -2.33. The van der Waals surface area contributed by atoms with E-state index < -0.39 is 16.0 Å². The van der Waals surface area contributed by atoms with Crippen LogP contribution in [0, 0.1) is 0 Å². The van der Waals surface area contributed by atoms with Crippen LogP contribution in [0.3, 0.4) is 0 Å². The van der Waals surface area contributed by atoms with E-state index in [1.54, 1.807) is 0 Å². The second kappa shape index (κ2) is 7.24. The summed E-state index contributed by atoms with van der Waals surface area (Å²) in [5, 5.41) is 0. The topological polar surface area (TPSA) is 89.7 Å². The number of nitrogens with zero attached hydrogens (tertiary/aromatic N) is 1. The van der Waals surface area contributed by atoms with Gasteiger partial charge in [-0.1, -0.05) is 13.0 Å². The number of benzene rings is 1. The summed E-state index contributed by atoms with van der Waals surface area (Å²) < 4.78 is 31.3. The van der Waals surface area contributed by atoms with Gasteiger partial charge in [0.2, 0.25) is 10.0 Å². The van der Waals surface area contributed by atoms with Crippen molar-refractivity contribution in [2.24, 2.45) is 0 Å². The van der Waals surface area contributed by atoms with E-state index in [9.17, 15) is 13.2 Å². The molecule has 0 aromatic heterocycles. The van der Waals surface area contributed by atoms with Crippen LogP contribution in [0.4, 0.5) is 5.69 Å². The quantitative estimate of drug-likeness (QED) is 0.469. The SMILES string of the molecule is C=CCN(CCC)S(=O)(=O)c1cc(N)ccc1C(=O)OC. The highest BCUT2D eigenvalue weighted by molar-refractivity contribution is 7.89. The van der Waals surface area contributed by atoms with Gasteiger partial charge in [-0.25, -0.2) is 13.2 Å². The van der Waals surface area contributed by atoms with Crippen LogP contribution in [0.15, 0.2) is 35.7 Å². The monoisotopic (exact) mass is 312 g/mol. The Morgan fingerprint density at radius 2 is 2.14 bits per heavy atom. The zero-order valence-electron chi connectivity index (χ0n) is 12.2. The Balaban J connectivity index is 3.44. The van der Waals surface area contributed by atoms with Gasteiger partial charge in [-0.05, 0) is 24.6 Å². The van der Waals surface area contributed by atoms with E-state index >= 15 is 0 Å². The molecular formula is C14H20N2O4S. The lowest BCUT2D eigenvalue weighted by atomic mass is 10.2. The van der Waals surface area contributed by atoms with Crippen molar-refractivity contribution in [2.45, 2.75) is 18.2 Å². The fourth-order valence-electron chi connectivity index (χ4n) is 1.87. The van der Waals surface area contributed by atoms with Crippen LogP contribution in [-0.2, 0) is 14.8 Å². The standard InChI is InChI=1S/C14H20N2O4S/c1-4-8-16(9-5-2)21(18,19)13-10-11(15)6-7-12(13)14(17)20-3/h4,6-7,10H,1,5,8-9,15H2,2-3H3. The molecule has 116 valence electrons. The smallest absolute Gasteiger partial charge is 0.339 e. The summed E-state index contributed by atoms with van der Waals surface area (Å²) in [7, 11) is -2.66. The third-order valence-electron chi connectivity index (χ3n) is 2.83. The predicted molar refractivity (Wildman–Crippen MR) is 81.4 cm³/mol. The normalized spacial score (nSPS) is 11.4. The molecule has 7 heteroatoms. The molecule has 0 atom stereocenters.